The van der Waals surface area contributed by atoms with Gasteiger partial charge in [-0.25, -0.2) is 4.99 Å². The van der Waals surface area contributed by atoms with Crippen molar-refractivity contribution in [2.45, 2.75) is 13.1 Å². The number of thiocarbonyl (C=S) groups is 1. The van der Waals surface area contributed by atoms with Crippen LogP contribution in [0.25, 0.3) is 0 Å². The van der Waals surface area contributed by atoms with Gasteiger partial charge in [0.25, 0.3) is 5.91 Å². The number of halogens is 1. The number of fused-ring (bicyclic) bond motifs is 1. The molecule has 1 unspecified atom stereocenters. The van der Waals surface area contributed by atoms with E-state index in [9.17, 15) is 9.59 Å². The van der Waals surface area contributed by atoms with Crippen molar-refractivity contribution in [3.8, 4) is 0 Å². The standard InChI is InChI=1S/C23H26ClN5O3S/c1-3-32-19(30)14-29(12-11-25)23(33)27-21-22(31)28(2)18-10-9-16(24)13-17(18)20(26-21)15-7-5-4-6-8-15/h4-10,13,21H,3,11-12,14,25H2,1-2H3,(H,27,33). The van der Waals surface area contributed by atoms with Gasteiger partial charge in [0.1, 0.15) is 6.54 Å². The first-order valence-electron chi connectivity index (χ1n) is 10.5. The quantitative estimate of drug-likeness (QED) is 0.456. The maximum absolute atomic E-state index is 13.3. The molecule has 0 radical (unpaired) electrons. The van der Waals surface area contributed by atoms with Gasteiger partial charge in [0.05, 0.1) is 18.0 Å². The lowest BCUT2D eigenvalue weighted by Gasteiger charge is -2.27. The van der Waals surface area contributed by atoms with E-state index in [2.05, 4.69) is 5.32 Å². The zero-order valence-electron chi connectivity index (χ0n) is 18.5. The Labute approximate surface area is 203 Å². The molecule has 2 aromatic rings. The minimum absolute atomic E-state index is 0.0846. The number of nitrogens with one attached hydrogen (secondary N) is 1. The summed E-state index contributed by atoms with van der Waals surface area (Å²) in [5, 5.41) is 3.72. The number of carbonyl (C=O) groups excluding carboxylic acids is 2. The molecule has 2 aromatic carbocycles. The topological polar surface area (TPSA) is 100 Å². The summed E-state index contributed by atoms with van der Waals surface area (Å²) in [7, 11) is 1.67. The van der Waals surface area contributed by atoms with Gasteiger partial charge >= 0.3 is 5.97 Å². The summed E-state index contributed by atoms with van der Waals surface area (Å²) in [6.45, 7) is 2.48. The van der Waals surface area contributed by atoms with E-state index >= 15 is 0 Å². The number of likely N-dealkylation sites (N-methyl/N-ethyl adjacent to an activating group) is 1. The van der Waals surface area contributed by atoms with Gasteiger partial charge in [-0.2, -0.15) is 0 Å². The van der Waals surface area contributed by atoms with Gasteiger partial charge < -0.3 is 25.6 Å². The van der Waals surface area contributed by atoms with Crippen molar-refractivity contribution in [2.75, 3.05) is 38.2 Å². The van der Waals surface area contributed by atoms with Crippen LogP contribution in [0.1, 0.15) is 18.1 Å². The summed E-state index contributed by atoms with van der Waals surface area (Å²) in [6, 6.07) is 14.8. The van der Waals surface area contributed by atoms with E-state index in [0.717, 1.165) is 11.1 Å². The van der Waals surface area contributed by atoms with Crippen LogP contribution in [0.15, 0.2) is 53.5 Å². The van der Waals surface area contributed by atoms with E-state index in [4.69, 9.17) is 39.3 Å². The Kier molecular flexibility index (Phi) is 8.37. The molecule has 174 valence electrons. The molecule has 1 aliphatic rings. The molecule has 3 N–H and O–H groups in total. The molecule has 0 aliphatic carbocycles. The van der Waals surface area contributed by atoms with Crippen molar-refractivity contribution >= 4 is 52.2 Å². The number of nitrogens with two attached hydrogens (primary N) is 1. The smallest absolute Gasteiger partial charge is 0.325 e. The van der Waals surface area contributed by atoms with E-state index in [-0.39, 0.29) is 30.7 Å². The van der Waals surface area contributed by atoms with E-state index in [1.54, 1.807) is 37.1 Å². The second-order valence-corrected chi connectivity index (χ2v) is 8.09. The molecule has 0 bridgehead atoms. The van der Waals surface area contributed by atoms with Gasteiger partial charge in [-0.3, -0.25) is 9.59 Å². The van der Waals surface area contributed by atoms with Crippen molar-refractivity contribution < 1.29 is 14.3 Å². The zero-order valence-corrected chi connectivity index (χ0v) is 20.0. The number of hydrogen-bond acceptors (Lipinski definition) is 6. The molecule has 1 amide bonds. The number of nitrogens with zero attached hydrogens (tertiary/aromatic N) is 3. The Hall–Kier alpha value is -3.01. The van der Waals surface area contributed by atoms with E-state index in [0.29, 0.717) is 23.0 Å². The number of aliphatic imine (C=N–C) groups is 1. The van der Waals surface area contributed by atoms with E-state index in [1.807, 2.05) is 30.3 Å². The van der Waals surface area contributed by atoms with Gasteiger partial charge in [0.15, 0.2) is 5.11 Å². The number of esters is 1. The molecule has 10 heteroatoms. The first kappa shape index (κ1) is 24.6. The lowest BCUT2D eigenvalue weighted by atomic mass is 10.0. The van der Waals surface area contributed by atoms with Gasteiger partial charge in [-0.15, -0.1) is 0 Å². The number of benzene rings is 2. The summed E-state index contributed by atoms with van der Waals surface area (Å²) >= 11 is 11.8. The minimum Gasteiger partial charge on any atom is -0.465 e. The first-order valence-corrected chi connectivity index (χ1v) is 11.3. The van der Waals surface area contributed by atoms with Crippen LogP contribution in [0, 0.1) is 0 Å². The average Bonchev–Trinajstić information content (AvgIpc) is 2.90. The van der Waals surface area contributed by atoms with Crippen LogP contribution in [0.5, 0.6) is 0 Å². The summed E-state index contributed by atoms with van der Waals surface area (Å²) in [5.74, 6) is -0.745. The largest absolute Gasteiger partial charge is 0.465 e. The van der Waals surface area contributed by atoms with Crippen molar-refractivity contribution in [1.29, 1.82) is 0 Å². The van der Waals surface area contributed by atoms with Gasteiger partial charge in [0.2, 0.25) is 6.17 Å². The molecule has 0 aromatic heterocycles. The van der Waals surface area contributed by atoms with Crippen molar-refractivity contribution in [2.24, 2.45) is 10.7 Å². The van der Waals surface area contributed by atoms with Crippen LogP contribution in [0.4, 0.5) is 5.69 Å². The first-order chi connectivity index (χ1) is 15.8. The Morgan fingerprint density at radius 3 is 2.70 bits per heavy atom. The third kappa shape index (κ3) is 5.87. The fraction of sp³-hybridized carbons (Fsp3) is 0.304. The summed E-state index contributed by atoms with van der Waals surface area (Å²) in [5.41, 5.74) is 8.52. The van der Waals surface area contributed by atoms with Crippen LogP contribution >= 0.6 is 23.8 Å². The predicted octanol–water partition coefficient (Wildman–Crippen LogP) is 2.18. The zero-order chi connectivity index (χ0) is 24.0. The summed E-state index contributed by atoms with van der Waals surface area (Å²) < 4.78 is 5.02. The molecular formula is C23H26ClN5O3S. The molecule has 3 rings (SSSR count). The van der Waals surface area contributed by atoms with Gasteiger partial charge in [-0.1, -0.05) is 41.9 Å². The lowest BCUT2D eigenvalue weighted by Crippen LogP contribution is -2.52. The number of rotatable bonds is 7. The SMILES string of the molecule is CCOC(=O)CN(CCN)C(=S)NC1N=C(c2ccccc2)c2cc(Cl)ccc2N(C)C1=O. The molecule has 0 spiro atoms. The number of anilines is 1. The molecule has 8 nitrogen and oxygen atoms in total. The summed E-state index contributed by atoms with van der Waals surface area (Å²) in [4.78, 5) is 33.2. The Bertz CT molecular complexity index is 1060. The van der Waals surface area contributed by atoms with Gasteiger partial charge in [0, 0.05) is 36.3 Å². The second kappa shape index (κ2) is 11.2. The maximum Gasteiger partial charge on any atom is 0.325 e. The Morgan fingerprint density at radius 2 is 2.03 bits per heavy atom. The highest BCUT2D eigenvalue weighted by molar-refractivity contribution is 7.80. The fourth-order valence-corrected chi connectivity index (χ4v) is 3.89. The fourth-order valence-electron chi connectivity index (χ4n) is 3.45. The van der Waals surface area contributed by atoms with Crippen LogP contribution in [0.2, 0.25) is 5.02 Å². The maximum atomic E-state index is 13.3. The highest BCUT2D eigenvalue weighted by atomic mass is 35.5. The van der Waals surface area contributed by atoms with Crippen molar-refractivity contribution in [3.05, 3.63) is 64.7 Å². The number of benzodiazepines with no additional fused rings is 1. The average molecular weight is 488 g/mol. The molecule has 0 saturated heterocycles. The molecule has 0 saturated carbocycles. The van der Waals surface area contributed by atoms with Crippen LogP contribution in [-0.4, -0.2) is 67.1 Å². The van der Waals surface area contributed by atoms with Crippen LogP contribution in [-0.2, 0) is 14.3 Å². The predicted molar refractivity (Wildman–Crippen MR) is 134 cm³/mol. The second-order valence-electron chi connectivity index (χ2n) is 7.27. The minimum atomic E-state index is -1.02. The van der Waals surface area contributed by atoms with Crippen molar-refractivity contribution in [3.63, 3.8) is 0 Å². The highest BCUT2D eigenvalue weighted by Crippen LogP contribution is 2.29. The monoisotopic (exact) mass is 487 g/mol. The normalized spacial score (nSPS) is 15.3. The molecule has 1 heterocycles. The van der Waals surface area contributed by atoms with Crippen LogP contribution < -0.4 is 16.0 Å². The lowest BCUT2D eigenvalue weighted by molar-refractivity contribution is -0.143. The van der Waals surface area contributed by atoms with E-state index < -0.39 is 12.1 Å². The number of hydrogen-bond donors (Lipinski definition) is 2. The molecule has 1 atom stereocenters. The van der Waals surface area contributed by atoms with Gasteiger partial charge in [-0.05, 0) is 37.3 Å². The van der Waals surface area contributed by atoms with Crippen molar-refractivity contribution in [1.82, 2.24) is 10.2 Å². The number of ether oxygens (including phenoxy) is 1. The number of carbonyl (C=O) groups is 2. The highest BCUT2D eigenvalue weighted by Gasteiger charge is 2.31. The molecule has 0 fully saturated rings. The Morgan fingerprint density at radius 1 is 1.30 bits per heavy atom. The van der Waals surface area contributed by atoms with E-state index in [1.165, 1.54) is 4.90 Å². The number of amides is 1. The molecule has 33 heavy (non-hydrogen) atoms. The molecular weight excluding hydrogens is 462 g/mol. The van der Waals surface area contributed by atoms with Crippen LogP contribution in [0.3, 0.4) is 0 Å². The molecule has 1 aliphatic heterocycles. The third-order valence-electron chi connectivity index (χ3n) is 5.02. The third-order valence-corrected chi connectivity index (χ3v) is 5.63. The Balaban J connectivity index is 1.99. The summed E-state index contributed by atoms with van der Waals surface area (Å²) in [6.07, 6.45) is -1.02.